The minimum absolute atomic E-state index is 0.167. The van der Waals surface area contributed by atoms with E-state index in [-0.39, 0.29) is 5.11 Å². The summed E-state index contributed by atoms with van der Waals surface area (Å²) in [6.07, 6.45) is 1.07. The van der Waals surface area contributed by atoms with Gasteiger partial charge < -0.3 is 10.1 Å². The molecule has 0 fully saturated rings. The molecule has 1 amide bonds. The maximum Gasteiger partial charge on any atom is 0.413 e. The fourth-order valence-corrected chi connectivity index (χ4v) is 1.06. The van der Waals surface area contributed by atoms with Crippen molar-refractivity contribution in [2.75, 3.05) is 11.9 Å². The smallest absolute Gasteiger partial charge is 0.413 e. The normalized spacial score (nSPS) is 9.47. The molecule has 0 radical (unpaired) electrons. The topological polar surface area (TPSA) is 79.0 Å². The fraction of sp³-hybridized carbons (Fsp3) is 0.375. The first-order valence-corrected chi connectivity index (χ1v) is 4.79. The van der Waals surface area contributed by atoms with Crippen LogP contribution in [0.4, 0.5) is 10.6 Å². The van der Waals surface area contributed by atoms with E-state index in [0.29, 0.717) is 12.4 Å². The number of thiocarbonyl (C=S) groups is 1. The molecule has 15 heavy (non-hydrogen) atoms. The Bertz CT molecular complexity index is 363. The zero-order valence-electron chi connectivity index (χ0n) is 8.46. The molecule has 7 heteroatoms. The highest BCUT2D eigenvalue weighted by Crippen LogP contribution is 2.07. The van der Waals surface area contributed by atoms with Gasteiger partial charge in [-0.2, -0.15) is 5.10 Å². The molecular weight excluding hydrogens is 216 g/mol. The molecule has 0 saturated carbocycles. The average Bonchev–Trinajstić information content (AvgIpc) is 2.52. The first-order chi connectivity index (χ1) is 7.13. The molecule has 1 heterocycles. The van der Waals surface area contributed by atoms with Gasteiger partial charge in [0.1, 0.15) is 5.82 Å². The number of anilines is 1. The van der Waals surface area contributed by atoms with E-state index in [4.69, 9.17) is 12.2 Å². The minimum Gasteiger partial charge on any atom is -0.450 e. The quantitative estimate of drug-likeness (QED) is 0.662. The third-order valence-electron chi connectivity index (χ3n) is 1.56. The number of carbonyl (C=O) groups excluding carboxylic acids is 1. The number of hydrogen-bond acceptors (Lipinski definition) is 4. The Morgan fingerprint density at radius 3 is 3.00 bits per heavy atom. The summed E-state index contributed by atoms with van der Waals surface area (Å²) in [6, 6.07) is 0. The summed E-state index contributed by atoms with van der Waals surface area (Å²) in [5.74, 6) is 0.650. The first kappa shape index (κ1) is 11.4. The van der Waals surface area contributed by atoms with Crippen molar-refractivity contribution in [3.8, 4) is 0 Å². The van der Waals surface area contributed by atoms with E-state index in [1.807, 2.05) is 6.92 Å². The van der Waals surface area contributed by atoms with E-state index < -0.39 is 6.09 Å². The number of amides is 1. The third kappa shape index (κ3) is 3.55. The van der Waals surface area contributed by atoms with Crippen LogP contribution in [-0.2, 0) is 4.74 Å². The van der Waals surface area contributed by atoms with Gasteiger partial charge in [-0.1, -0.05) is 0 Å². The van der Waals surface area contributed by atoms with E-state index in [1.165, 1.54) is 0 Å². The van der Waals surface area contributed by atoms with Crippen molar-refractivity contribution in [3.05, 3.63) is 11.8 Å². The van der Waals surface area contributed by atoms with Crippen LogP contribution in [0.5, 0.6) is 0 Å². The number of carbonyl (C=O) groups is 1. The van der Waals surface area contributed by atoms with Crippen LogP contribution in [0.1, 0.15) is 12.5 Å². The molecule has 6 nitrogen and oxygen atoms in total. The number of hydrogen-bond donors (Lipinski definition) is 3. The third-order valence-corrected chi connectivity index (χ3v) is 1.76. The van der Waals surface area contributed by atoms with Crippen molar-refractivity contribution in [2.45, 2.75) is 13.8 Å². The fourth-order valence-electron chi connectivity index (χ4n) is 0.878. The Balaban J connectivity index is 2.43. The number of aromatic amines is 1. The molecule has 3 N–H and O–H groups in total. The molecule has 1 aromatic rings. The number of nitrogens with zero attached hydrogens (tertiary/aromatic N) is 1. The standard InChI is InChI=1S/C8H12N4O2S/c1-3-14-8(13)11-7(15)10-6-5(2)4-9-12-6/h4H,3H2,1-2H3,(H3,9,10,11,12,13,15). The van der Waals surface area contributed by atoms with Crippen molar-refractivity contribution >= 4 is 29.2 Å². The zero-order chi connectivity index (χ0) is 11.3. The summed E-state index contributed by atoms with van der Waals surface area (Å²) < 4.78 is 4.66. The summed E-state index contributed by atoms with van der Waals surface area (Å²) in [4.78, 5) is 11.0. The van der Waals surface area contributed by atoms with Crippen LogP contribution in [0.2, 0.25) is 0 Å². The Kier molecular flexibility index (Phi) is 4.04. The van der Waals surface area contributed by atoms with E-state index in [0.717, 1.165) is 5.56 Å². The molecular formula is C8H12N4O2S. The second-order valence-electron chi connectivity index (χ2n) is 2.73. The Morgan fingerprint density at radius 1 is 1.73 bits per heavy atom. The molecule has 0 bridgehead atoms. The molecule has 0 atom stereocenters. The van der Waals surface area contributed by atoms with Gasteiger partial charge >= 0.3 is 6.09 Å². The predicted molar refractivity (Wildman–Crippen MR) is 59.7 cm³/mol. The number of alkyl carbamates (subject to hydrolysis) is 1. The molecule has 1 aromatic heterocycles. The molecule has 82 valence electrons. The van der Waals surface area contributed by atoms with E-state index in [9.17, 15) is 4.79 Å². The lowest BCUT2D eigenvalue weighted by Crippen LogP contribution is -2.34. The SMILES string of the molecule is CCOC(=O)NC(=S)Nc1[nH]ncc1C. The van der Waals surface area contributed by atoms with Gasteiger partial charge in [0, 0.05) is 5.56 Å². The number of rotatable bonds is 2. The van der Waals surface area contributed by atoms with Gasteiger partial charge in [0.2, 0.25) is 0 Å². The van der Waals surface area contributed by atoms with Gasteiger partial charge in [-0.3, -0.25) is 10.4 Å². The Morgan fingerprint density at radius 2 is 2.47 bits per heavy atom. The first-order valence-electron chi connectivity index (χ1n) is 4.38. The number of aromatic nitrogens is 2. The second kappa shape index (κ2) is 5.30. The van der Waals surface area contributed by atoms with Gasteiger partial charge in [0.15, 0.2) is 5.11 Å². The maximum absolute atomic E-state index is 11.0. The Labute approximate surface area is 92.4 Å². The lowest BCUT2D eigenvalue weighted by atomic mass is 10.4. The van der Waals surface area contributed by atoms with Crippen LogP contribution >= 0.6 is 12.2 Å². The summed E-state index contributed by atoms with van der Waals surface area (Å²) in [7, 11) is 0. The van der Waals surface area contributed by atoms with Crippen LogP contribution < -0.4 is 10.6 Å². The van der Waals surface area contributed by atoms with Crippen LogP contribution in [0.15, 0.2) is 6.20 Å². The minimum atomic E-state index is -0.577. The van der Waals surface area contributed by atoms with Crippen LogP contribution in [-0.4, -0.2) is 28.0 Å². The molecule has 0 aliphatic heterocycles. The van der Waals surface area contributed by atoms with E-state index in [2.05, 4.69) is 25.6 Å². The van der Waals surface area contributed by atoms with Gasteiger partial charge in [-0.15, -0.1) is 0 Å². The monoisotopic (exact) mass is 228 g/mol. The van der Waals surface area contributed by atoms with Crippen LogP contribution in [0.3, 0.4) is 0 Å². The van der Waals surface area contributed by atoms with Gasteiger partial charge in [-0.05, 0) is 26.1 Å². The van der Waals surface area contributed by atoms with E-state index in [1.54, 1.807) is 13.1 Å². The molecule has 1 rings (SSSR count). The highest BCUT2D eigenvalue weighted by Gasteiger charge is 2.06. The molecule has 0 spiro atoms. The lowest BCUT2D eigenvalue weighted by molar-refractivity contribution is 0.158. The number of ether oxygens (including phenoxy) is 1. The highest BCUT2D eigenvalue weighted by atomic mass is 32.1. The van der Waals surface area contributed by atoms with Crippen LogP contribution in [0.25, 0.3) is 0 Å². The summed E-state index contributed by atoms with van der Waals surface area (Å²) >= 11 is 4.88. The lowest BCUT2D eigenvalue weighted by Gasteiger charge is -2.07. The highest BCUT2D eigenvalue weighted by molar-refractivity contribution is 7.80. The van der Waals surface area contributed by atoms with Crippen molar-refractivity contribution in [3.63, 3.8) is 0 Å². The van der Waals surface area contributed by atoms with E-state index >= 15 is 0 Å². The summed E-state index contributed by atoms with van der Waals surface area (Å²) in [6.45, 7) is 3.88. The number of nitrogens with one attached hydrogen (secondary N) is 3. The molecule has 0 unspecified atom stereocenters. The summed E-state index contributed by atoms with van der Waals surface area (Å²) in [5, 5.41) is 11.8. The van der Waals surface area contributed by atoms with Gasteiger partial charge in [0.05, 0.1) is 12.8 Å². The number of H-pyrrole nitrogens is 1. The predicted octanol–water partition coefficient (Wildman–Crippen LogP) is 1.16. The van der Waals surface area contributed by atoms with Crippen LogP contribution in [0, 0.1) is 6.92 Å². The number of aryl methyl sites for hydroxylation is 1. The largest absolute Gasteiger partial charge is 0.450 e. The second-order valence-corrected chi connectivity index (χ2v) is 3.14. The zero-order valence-corrected chi connectivity index (χ0v) is 9.27. The molecule has 0 saturated heterocycles. The van der Waals surface area contributed by atoms with Crippen molar-refractivity contribution in [1.29, 1.82) is 0 Å². The van der Waals surface area contributed by atoms with Crippen molar-refractivity contribution in [1.82, 2.24) is 15.5 Å². The molecule has 0 aromatic carbocycles. The molecule has 0 aliphatic carbocycles. The Hall–Kier alpha value is -1.63. The average molecular weight is 228 g/mol. The molecule has 0 aliphatic rings. The summed E-state index contributed by atoms with van der Waals surface area (Å²) in [5.41, 5.74) is 0.906. The van der Waals surface area contributed by atoms with Crippen molar-refractivity contribution < 1.29 is 9.53 Å². The van der Waals surface area contributed by atoms with Gasteiger partial charge in [-0.25, -0.2) is 4.79 Å². The van der Waals surface area contributed by atoms with Crippen molar-refractivity contribution in [2.24, 2.45) is 0 Å². The van der Waals surface area contributed by atoms with Gasteiger partial charge in [0.25, 0.3) is 0 Å². The maximum atomic E-state index is 11.0.